The molecule has 0 bridgehead atoms. The lowest BCUT2D eigenvalue weighted by Crippen LogP contribution is -2.46. The van der Waals surface area contributed by atoms with Gasteiger partial charge in [-0.1, -0.05) is 73.6 Å². The molecular formula is C77H100N8O11. The van der Waals surface area contributed by atoms with Crippen molar-refractivity contribution in [2.24, 2.45) is 22.0 Å². The lowest BCUT2D eigenvalue weighted by molar-refractivity contribution is 0.0281. The van der Waals surface area contributed by atoms with Gasteiger partial charge in [0.1, 0.15) is 11.2 Å². The molecule has 2 unspecified atom stereocenters. The van der Waals surface area contributed by atoms with Gasteiger partial charge < -0.3 is 55.7 Å². The van der Waals surface area contributed by atoms with Gasteiger partial charge in [-0.25, -0.2) is 14.4 Å². The van der Waals surface area contributed by atoms with E-state index in [0.29, 0.717) is 48.9 Å². The highest BCUT2D eigenvalue weighted by Gasteiger charge is 2.56. The molecule has 15 rings (SSSR count). The number of likely N-dealkylation sites (tertiary alicyclic amines) is 2. The summed E-state index contributed by atoms with van der Waals surface area (Å²) in [6.07, 6.45) is 18.4. The summed E-state index contributed by atoms with van der Waals surface area (Å²) in [6, 6.07) is 16.9. The van der Waals surface area contributed by atoms with Gasteiger partial charge in [-0.2, -0.15) is 0 Å². The summed E-state index contributed by atoms with van der Waals surface area (Å²) in [6.45, 7) is 25.7. The number of aromatic carboxylic acids is 1. The number of carbonyl (C=O) groups excluding carboxylic acids is 7. The van der Waals surface area contributed by atoms with Crippen LogP contribution in [0.2, 0.25) is 0 Å². The molecular weight excluding hydrogens is 1210 g/mol. The number of aromatic nitrogens is 3. The topological polar surface area (TPSA) is 279 Å². The molecule has 2 saturated heterocycles. The molecule has 96 heavy (non-hydrogen) atoms. The molecule has 7 aliphatic carbocycles. The molecule has 2 atom stereocenters. The molecule has 4 saturated carbocycles. The number of carboxylic acids is 1. The minimum Gasteiger partial charge on any atom is -0.478 e. The summed E-state index contributed by atoms with van der Waals surface area (Å²) >= 11 is 0. The fourth-order valence-electron chi connectivity index (χ4n) is 17.6. The van der Waals surface area contributed by atoms with Crippen LogP contribution in [0.5, 0.6) is 0 Å². The van der Waals surface area contributed by atoms with Crippen molar-refractivity contribution in [3.8, 4) is 0 Å². The van der Waals surface area contributed by atoms with E-state index in [1.165, 1.54) is 37.7 Å². The second kappa shape index (κ2) is 24.6. The zero-order valence-electron chi connectivity index (χ0n) is 58.5. The summed E-state index contributed by atoms with van der Waals surface area (Å²) in [5.41, 5.74) is 13.8. The van der Waals surface area contributed by atoms with Crippen molar-refractivity contribution in [3.05, 3.63) is 105 Å². The molecule has 19 heteroatoms. The highest BCUT2D eigenvalue weighted by atomic mass is 16.6. The van der Waals surface area contributed by atoms with Crippen LogP contribution in [0.3, 0.4) is 0 Å². The third-order valence-corrected chi connectivity index (χ3v) is 22.3. The van der Waals surface area contributed by atoms with Crippen LogP contribution < -0.4 is 16.4 Å². The summed E-state index contributed by atoms with van der Waals surface area (Å²) < 4.78 is 10.7. The Hall–Kier alpha value is -7.80. The van der Waals surface area contributed by atoms with Gasteiger partial charge in [-0.3, -0.25) is 24.0 Å². The maximum Gasteiger partial charge on any atom is 0.410 e. The number of nitrogens with two attached hydrogens (primary N) is 1. The lowest BCUT2D eigenvalue weighted by atomic mass is 9.53. The smallest absolute Gasteiger partial charge is 0.410 e. The molecule has 2 aliphatic heterocycles. The van der Waals surface area contributed by atoms with Gasteiger partial charge in [-0.05, 0) is 213 Å². The van der Waals surface area contributed by atoms with Gasteiger partial charge in [0, 0.05) is 104 Å². The van der Waals surface area contributed by atoms with E-state index in [-0.39, 0.29) is 91.5 Å². The Bertz CT molecular complexity index is 4130. The molecule has 6 fully saturated rings. The number of rotatable bonds is 5. The first-order valence-electron chi connectivity index (χ1n) is 35.2. The molecule has 4 amide bonds. The van der Waals surface area contributed by atoms with Gasteiger partial charge in [-0.15, -0.1) is 0 Å². The molecule has 3 aromatic carbocycles. The normalized spacial score (nSPS) is 22.9. The Morgan fingerprint density at radius 3 is 1.17 bits per heavy atom. The molecule has 19 nitrogen and oxygen atoms in total. The number of amides is 4. The van der Waals surface area contributed by atoms with Crippen LogP contribution in [-0.2, 0) is 25.7 Å². The van der Waals surface area contributed by atoms with Crippen LogP contribution in [0, 0.1) is 16.2 Å². The van der Waals surface area contributed by atoms with Crippen molar-refractivity contribution in [2.45, 2.75) is 244 Å². The number of hydrogen-bond donors (Lipinski definition) is 7. The zero-order chi connectivity index (χ0) is 69.0. The van der Waals surface area contributed by atoms with E-state index in [9.17, 15) is 43.5 Å². The number of aromatic amines is 3. The highest BCUT2D eigenvalue weighted by molar-refractivity contribution is 6.11. The maximum atomic E-state index is 13.2. The second-order valence-corrected chi connectivity index (χ2v) is 33.6. The van der Waals surface area contributed by atoms with E-state index in [4.69, 9.17) is 15.2 Å². The fraction of sp³-hybridized carbons (Fsp3) is 0.584. The number of H-pyrrole nitrogens is 3. The quantitative estimate of drug-likeness (QED) is 0.0849. The summed E-state index contributed by atoms with van der Waals surface area (Å²) in [5, 5.41) is 18.5. The van der Waals surface area contributed by atoms with Crippen molar-refractivity contribution in [3.63, 3.8) is 0 Å². The first kappa shape index (κ1) is 68.2. The number of nitrogens with zero attached hydrogens (tertiary/aromatic N) is 2. The minimum atomic E-state index is -0.929. The standard InChI is InChI=1S/C27H35N3O4.C23H28N2O2.C18H19NO3.C9H18N2O2/c1-25(2,3)34-24(33)30-12-9-17(14-30)28-23(32)16-7-8-19-18(13-16)20-21(29-19)22(31)26(4,5)15-27(20)10-6-11-27;1-22(2)13-23(10-5-11-23)18-16-12-14(21(27)24-15-6-3-4-7-15)8-9-17(16)25-19(18)20(22)26;1-17(2)9-18(6-3-7-18)13-11-8-10(16(21)22)4-5-12(11)19-14(13)15(17)20;1-9(2,3)13-8(12)11-5-4-7(10)6-11/h7-8,13,17,29H,6,9-12,14-15H2,1-5H3,(H,28,32);8-9,12,15,25H,3-7,10-11,13H2,1-2H3,(H,24,27);4-5,8,19H,3,6-7,9H2,1-2H3,(H,21,22);7H,4-6,10H2,1-3H3. The van der Waals surface area contributed by atoms with Crippen molar-refractivity contribution >= 4 is 80.0 Å². The van der Waals surface area contributed by atoms with Crippen LogP contribution >= 0.6 is 0 Å². The predicted molar refractivity (Wildman–Crippen MR) is 370 cm³/mol. The molecule has 3 spiro atoms. The third kappa shape index (κ3) is 12.9. The number of fused-ring (bicyclic) bond motifs is 12. The predicted octanol–water partition coefficient (Wildman–Crippen LogP) is 14.7. The molecule has 0 radical (unpaired) electrons. The zero-order valence-corrected chi connectivity index (χ0v) is 58.5. The van der Waals surface area contributed by atoms with Crippen LogP contribution in [0.4, 0.5) is 9.59 Å². The van der Waals surface area contributed by atoms with E-state index in [1.807, 2.05) is 106 Å². The molecule has 514 valence electrons. The number of benzene rings is 3. The van der Waals surface area contributed by atoms with Crippen molar-refractivity contribution < 1.29 is 52.9 Å². The summed E-state index contributed by atoms with van der Waals surface area (Å²) in [5.74, 6) is -0.546. The van der Waals surface area contributed by atoms with Gasteiger partial charge in [0.25, 0.3) is 11.8 Å². The number of carboxylic acid groups (broad SMARTS) is 1. The van der Waals surface area contributed by atoms with E-state index in [1.54, 1.807) is 28.0 Å². The van der Waals surface area contributed by atoms with Crippen LogP contribution in [-0.4, -0.2) is 133 Å². The van der Waals surface area contributed by atoms with Gasteiger partial charge in [0.05, 0.1) is 22.6 Å². The third-order valence-electron chi connectivity index (χ3n) is 22.3. The number of ether oxygens (including phenoxy) is 2. The average Bonchev–Trinajstić information content (AvgIpc) is 1.45. The molecule has 5 heterocycles. The maximum absolute atomic E-state index is 13.2. The van der Waals surface area contributed by atoms with Gasteiger partial charge in [0.2, 0.25) is 0 Å². The number of hydrogen-bond acceptors (Lipinski definition) is 11. The molecule has 8 N–H and O–H groups in total. The second-order valence-electron chi connectivity index (χ2n) is 33.6. The SMILES string of the molecule is CC(C)(C)OC(=O)N1CCC(N)C1.CC(C)(C)OC(=O)N1CCC(NC(=O)c2ccc3[nH]c4c(c3c2)C2(CCC2)CC(C)(C)C4=O)C1.CC1(C)CC2(CCC2)c2c([nH]c3ccc(C(=O)NC4CCCC4)cc23)C1=O.CC1(C)CC2(CCC2)c2c([nH]c3ccc(C(=O)O)cc23)C1=O. The van der Waals surface area contributed by atoms with E-state index in [0.717, 1.165) is 139 Å². The highest BCUT2D eigenvalue weighted by Crippen LogP contribution is 2.60. The van der Waals surface area contributed by atoms with Crippen LogP contribution in [0.1, 0.15) is 278 Å². The minimum absolute atomic E-state index is 0.0175. The van der Waals surface area contributed by atoms with Crippen molar-refractivity contribution in [1.29, 1.82) is 0 Å². The first-order valence-corrected chi connectivity index (χ1v) is 35.2. The number of nitrogens with one attached hydrogen (secondary N) is 5. The van der Waals surface area contributed by atoms with E-state index >= 15 is 0 Å². The van der Waals surface area contributed by atoms with Crippen molar-refractivity contribution in [1.82, 2.24) is 35.4 Å². The van der Waals surface area contributed by atoms with E-state index < -0.39 is 17.2 Å². The number of ketones is 3. The lowest BCUT2D eigenvalue weighted by Gasteiger charge is -2.50. The Morgan fingerprint density at radius 2 is 0.833 bits per heavy atom. The van der Waals surface area contributed by atoms with Crippen molar-refractivity contribution in [2.75, 3.05) is 26.2 Å². The summed E-state index contributed by atoms with van der Waals surface area (Å²) in [4.78, 5) is 113. The Morgan fingerprint density at radius 1 is 0.490 bits per heavy atom. The Balaban J connectivity index is 0.000000128. The monoisotopic (exact) mass is 1310 g/mol. The average molecular weight is 1310 g/mol. The largest absolute Gasteiger partial charge is 0.478 e. The van der Waals surface area contributed by atoms with Crippen LogP contribution in [0.15, 0.2) is 54.6 Å². The first-order chi connectivity index (χ1) is 45.0. The van der Waals surface area contributed by atoms with Gasteiger partial charge >= 0.3 is 18.2 Å². The number of Topliss-reactive ketones (excluding diaryl/α,β-unsaturated/α-hetero) is 3. The summed E-state index contributed by atoms with van der Waals surface area (Å²) in [7, 11) is 0. The Labute approximate surface area is 563 Å². The van der Waals surface area contributed by atoms with E-state index in [2.05, 4.69) is 39.4 Å². The molecule has 6 aromatic rings. The molecule has 3 aromatic heterocycles. The Kier molecular flexibility index (Phi) is 17.5. The van der Waals surface area contributed by atoms with Crippen LogP contribution in [0.25, 0.3) is 32.7 Å². The van der Waals surface area contributed by atoms with Gasteiger partial charge in [0.15, 0.2) is 17.3 Å². The number of carbonyl (C=O) groups is 8. The molecule has 9 aliphatic rings. The fourth-order valence-corrected chi connectivity index (χ4v) is 17.6.